The Morgan fingerprint density at radius 3 is 2.45 bits per heavy atom. The summed E-state index contributed by atoms with van der Waals surface area (Å²) in [5.74, 6) is 0.447. The van der Waals surface area contributed by atoms with E-state index in [1.54, 1.807) is 6.20 Å². The van der Waals surface area contributed by atoms with Crippen LogP contribution < -0.4 is 5.73 Å². The van der Waals surface area contributed by atoms with Crippen LogP contribution in [0.1, 0.15) is 20.8 Å². The average molecular weight is 152 g/mol. The molecule has 0 unspecified atom stereocenters. The molecule has 2 N–H and O–H groups in total. The molecule has 0 saturated carbocycles. The number of nitrogens with zero attached hydrogens (tertiary/aromatic N) is 1. The minimum Gasteiger partial charge on any atom is -0.403 e. The van der Waals surface area contributed by atoms with Gasteiger partial charge in [0.15, 0.2) is 0 Å². The van der Waals surface area contributed by atoms with Crippen molar-refractivity contribution in [3.05, 3.63) is 24.6 Å². The van der Waals surface area contributed by atoms with E-state index in [9.17, 15) is 0 Å². The molecule has 0 radical (unpaired) electrons. The van der Waals surface area contributed by atoms with Crippen molar-refractivity contribution in [3.8, 4) is 0 Å². The lowest BCUT2D eigenvalue weighted by Crippen LogP contribution is -2.02. The van der Waals surface area contributed by atoms with E-state index in [0.717, 1.165) is 5.71 Å². The van der Waals surface area contributed by atoms with Crippen molar-refractivity contribution in [1.29, 1.82) is 0 Å². The van der Waals surface area contributed by atoms with Crippen molar-refractivity contribution >= 4 is 5.71 Å². The van der Waals surface area contributed by atoms with Gasteiger partial charge in [0.1, 0.15) is 0 Å². The third-order valence-electron chi connectivity index (χ3n) is 1.24. The average Bonchev–Trinajstić information content (AvgIpc) is 1.97. The van der Waals surface area contributed by atoms with Crippen LogP contribution in [0, 0.1) is 5.92 Å². The van der Waals surface area contributed by atoms with Crippen molar-refractivity contribution < 1.29 is 0 Å². The summed E-state index contributed by atoms with van der Waals surface area (Å²) in [7, 11) is 0. The molecule has 0 aromatic heterocycles. The fourth-order valence-corrected chi connectivity index (χ4v) is 0.684. The number of hydrogen-bond acceptors (Lipinski definition) is 2. The zero-order valence-electron chi connectivity index (χ0n) is 7.41. The van der Waals surface area contributed by atoms with Gasteiger partial charge in [0.2, 0.25) is 0 Å². The van der Waals surface area contributed by atoms with E-state index < -0.39 is 0 Å². The Hall–Kier alpha value is -1.05. The topological polar surface area (TPSA) is 38.4 Å². The Bertz CT molecular complexity index is 176. The summed E-state index contributed by atoms with van der Waals surface area (Å²) in [6.07, 6.45) is 7.01. The van der Waals surface area contributed by atoms with Crippen molar-refractivity contribution in [2.24, 2.45) is 16.6 Å². The Labute approximate surface area is 68.5 Å². The van der Waals surface area contributed by atoms with Gasteiger partial charge in [-0.15, -0.1) is 0 Å². The number of hydrogen-bond donors (Lipinski definition) is 1. The molecular weight excluding hydrogens is 136 g/mol. The summed E-state index contributed by atoms with van der Waals surface area (Å²) in [4.78, 5) is 4.16. The van der Waals surface area contributed by atoms with Crippen LogP contribution >= 0.6 is 0 Å². The molecular formula is C9H16N2. The van der Waals surface area contributed by atoms with E-state index in [1.807, 2.05) is 19.1 Å². The number of allylic oxidation sites excluding steroid dienone is 2. The first-order valence-electron chi connectivity index (χ1n) is 3.79. The number of nitrogens with two attached hydrogens (primary N) is 1. The summed E-state index contributed by atoms with van der Waals surface area (Å²) in [5, 5.41) is 0. The van der Waals surface area contributed by atoms with Gasteiger partial charge in [-0.25, -0.2) is 0 Å². The summed E-state index contributed by atoms with van der Waals surface area (Å²) < 4.78 is 0. The van der Waals surface area contributed by atoms with Crippen LogP contribution in [0.2, 0.25) is 0 Å². The first-order valence-corrected chi connectivity index (χ1v) is 3.79. The fourth-order valence-electron chi connectivity index (χ4n) is 0.684. The largest absolute Gasteiger partial charge is 0.403 e. The molecule has 0 aliphatic rings. The van der Waals surface area contributed by atoms with Gasteiger partial charge in [-0.2, -0.15) is 0 Å². The van der Waals surface area contributed by atoms with Crippen molar-refractivity contribution in [2.45, 2.75) is 20.8 Å². The van der Waals surface area contributed by atoms with Crippen LogP contribution in [0.5, 0.6) is 0 Å². The van der Waals surface area contributed by atoms with E-state index in [1.165, 1.54) is 6.20 Å². The molecule has 0 aromatic rings. The molecule has 62 valence electrons. The third-order valence-corrected chi connectivity index (χ3v) is 1.24. The molecule has 0 saturated heterocycles. The highest BCUT2D eigenvalue weighted by molar-refractivity contribution is 5.96. The maximum atomic E-state index is 5.16. The third kappa shape index (κ3) is 4.37. The molecule has 0 amide bonds. The standard InChI is InChI=1S/C9H16N2/c1-4-5-9(8(2)3)11-7-6-10/h4-8H,10H2,1-3H3/b5-4-,7-6-,11-9+. The summed E-state index contributed by atoms with van der Waals surface area (Å²) in [5.41, 5.74) is 6.21. The normalized spacial score (nSPS) is 14.0. The van der Waals surface area contributed by atoms with Gasteiger partial charge in [0.05, 0.1) is 0 Å². The van der Waals surface area contributed by atoms with Gasteiger partial charge < -0.3 is 5.73 Å². The molecule has 0 atom stereocenters. The zero-order valence-corrected chi connectivity index (χ0v) is 7.41. The van der Waals surface area contributed by atoms with Gasteiger partial charge in [0, 0.05) is 18.1 Å². The Morgan fingerprint density at radius 1 is 1.45 bits per heavy atom. The Balaban J connectivity index is 4.32. The molecule has 0 spiro atoms. The molecule has 2 nitrogen and oxygen atoms in total. The van der Waals surface area contributed by atoms with E-state index in [0.29, 0.717) is 5.92 Å². The second kappa shape index (κ2) is 5.71. The molecule has 0 fully saturated rings. The monoisotopic (exact) mass is 152 g/mol. The van der Waals surface area contributed by atoms with Crippen LogP contribution in [-0.2, 0) is 0 Å². The smallest absolute Gasteiger partial charge is 0.0426 e. The summed E-state index contributed by atoms with van der Waals surface area (Å²) in [6, 6.07) is 0. The molecule has 0 rings (SSSR count). The number of aliphatic imine (C=N–C) groups is 1. The Morgan fingerprint density at radius 2 is 2.09 bits per heavy atom. The highest BCUT2D eigenvalue weighted by atomic mass is 14.7. The number of rotatable bonds is 3. The minimum absolute atomic E-state index is 0.447. The van der Waals surface area contributed by atoms with Crippen molar-refractivity contribution in [1.82, 2.24) is 0 Å². The second-order valence-electron chi connectivity index (χ2n) is 2.55. The van der Waals surface area contributed by atoms with Gasteiger partial charge in [-0.3, -0.25) is 4.99 Å². The lowest BCUT2D eigenvalue weighted by molar-refractivity contribution is 0.888. The maximum absolute atomic E-state index is 5.16. The van der Waals surface area contributed by atoms with Crippen LogP contribution in [-0.4, -0.2) is 5.71 Å². The van der Waals surface area contributed by atoms with Crippen LogP contribution in [0.3, 0.4) is 0 Å². The highest BCUT2D eigenvalue weighted by Gasteiger charge is 1.97. The molecule has 0 heterocycles. The molecule has 2 heteroatoms. The predicted molar refractivity (Wildman–Crippen MR) is 50.4 cm³/mol. The zero-order chi connectivity index (χ0) is 8.69. The van der Waals surface area contributed by atoms with Crippen molar-refractivity contribution in [3.63, 3.8) is 0 Å². The van der Waals surface area contributed by atoms with E-state index in [2.05, 4.69) is 18.8 Å². The maximum Gasteiger partial charge on any atom is 0.0426 e. The molecule has 11 heavy (non-hydrogen) atoms. The predicted octanol–water partition coefficient (Wildman–Crippen LogP) is 2.09. The molecule has 0 aliphatic carbocycles. The van der Waals surface area contributed by atoms with Crippen molar-refractivity contribution in [2.75, 3.05) is 0 Å². The van der Waals surface area contributed by atoms with Gasteiger partial charge in [-0.1, -0.05) is 19.9 Å². The minimum atomic E-state index is 0.447. The van der Waals surface area contributed by atoms with Gasteiger partial charge in [0.25, 0.3) is 0 Å². The SMILES string of the molecule is C\C=C/C(=N\C=C/N)C(C)C. The summed E-state index contributed by atoms with van der Waals surface area (Å²) in [6.45, 7) is 6.18. The van der Waals surface area contributed by atoms with Gasteiger partial charge >= 0.3 is 0 Å². The molecule has 0 bridgehead atoms. The summed E-state index contributed by atoms with van der Waals surface area (Å²) >= 11 is 0. The van der Waals surface area contributed by atoms with Crippen LogP contribution in [0.15, 0.2) is 29.5 Å². The first kappa shape index (κ1) is 9.95. The van der Waals surface area contributed by atoms with E-state index in [-0.39, 0.29) is 0 Å². The van der Waals surface area contributed by atoms with E-state index in [4.69, 9.17) is 5.73 Å². The second-order valence-corrected chi connectivity index (χ2v) is 2.55. The molecule has 0 aliphatic heterocycles. The van der Waals surface area contributed by atoms with Crippen LogP contribution in [0.25, 0.3) is 0 Å². The fraction of sp³-hybridized carbons (Fsp3) is 0.444. The first-order chi connectivity index (χ1) is 5.22. The Kier molecular flexibility index (Phi) is 5.17. The van der Waals surface area contributed by atoms with Gasteiger partial charge in [-0.05, 0) is 18.9 Å². The lowest BCUT2D eigenvalue weighted by atomic mass is 10.1. The highest BCUT2D eigenvalue weighted by Crippen LogP contribution is 1.99. The lowest BCUT2D eigenvalue weighted by Gasteiger charge is -2.01. The van der Waals surface area contributed by atoms with Crippen LogP contribution in [0.4, 0.5) is 0 Å². The quantitative estimate of drug-likeness (QED) is 0.618. The molecule has 0 aromatic carbocycles. The van der Waals surface area contributed by atoms with E-state index >= 15 is 0 Å².